The highest BCUT2D eigenvalue weighted by atomic mass is 79.9. The Kier molecular flexibility index (Phi) is 5.64. The van der Waals surface area contributed by atoms with E-state index in [2.05, 4.69) is 61.6 Å². The van der Waals surface area contributed by atoms with E-state index in [1.54, 1.807) is 6.07 Å². The van der Waals surface area contributed by atoms with E-state index in [-0.39, 0.29) is 11.9 Å². The van der Waals surface area contributed by atoms with Crippen molar-refractivity contribution in [2.24, 2.45) is 0 Å². The second kappa shape index (κ2) is 8.33. The van der Waals surface area contributed by atoms with Crippen molar-refractivity contribution in [1.29, 1.82) is 0 Å². The molecule has 5 heteroatoms. The van der Waals surface area contributed by atoms with Gasteiger partial charge in [-0.3, -0.25) is 10.4 Å². The lowest BCUT2D eigenvalue weighted by Crippen LogP contribution is -2.34. The Morgan fingerprint density at radius 3 is 2.21 bits per heavy atom. The van der Waals surface area contributed by atoms with Gasteiger partial charge < -0.3 is 0 Å². The number of allylic oxidation sites excluding steroid dienone is 1. The third kappa shape index (κ3) is 4.37. The van der Waals surface area contributed by atoms with Gasteiger partial charge >= 0.3 is 0 Å². The molecule has 28 heavy (non-hydrogen) atoms. The molecule has 0 unspecified atom stereocenters. The maximum atomic E-state index is 13.8. The Morgan fingerprint density at radius 1 is 0.857 bits per heavy atom. The van der Waals surface area contributed by atoms with Crippen molar-refractivity contribution in [3.8, 4) is 0 Å². The predicted molar refractivity (Wildman–Crippen MR) is 120 cm³/mol. The molecule has 2 nitrogen and oxygen atoms in total. The Morgan fingerprint density at radius 2 is 1.54 bits per heavy atom. The van der Waals surface area contributed by atoms with Gasteiger partial charge in [-0.1, -0.05) is 68.3 Å². The molecule has 0 radical (unpaired) electrons. The van der Waals surface area contributed by atoms with Crippen LogP contribution in [0, 0.1) is 5.82 Å². The number of nitrogens with zero attached hydrogens (tertiary/aromatic N) is 1. The first kappa shape index (κ1) is 19.0. The maximum Gasteiger partial charge on any atom is 0.125 e. The second-order valence-electron chi connectivity index (χ2n) is 6.46. The van der Waals surface area contributed by atoms with Gasteiger partial charge in [-0.2, -0.15) is 0 Å². The zero-order valence-corrected chi connectivity index (χ0v) is 18.0. The van der Waals surface area contributed by atoms with Crippen LogP contribution in [0.2, 0.25) is 0 Å². The quantitative estimate of drug-likeness (QED) is 0.415. The molecule has 1 atom stereocenters. The molecule has 0 spiro atoms. The van der Waals surface area contributed by atoms with Crippen molar-refractivity contribution in [2.75, 3.05) is 5.01 Å². The van der Waals surface area contributed by atoms with Gasteiger partial charge in [-0.15, -0.1) is 0 Å². The van der Waals surface area contributed by atoms with E-state index >= 15 is 0 Å². The number of rotatable bonds is 4. The summed E-state index contributed by atoms with van der Waals surface area (Å²) in [6.45, 7) is 0. The molecule has 0 bridgehead atoms. The van der Waals surface area contributed by atoms with Gasteiger partial charge in [-0.05, 0) is 65.7 Å². The van der Waals surface area contributed by atoms with Crippen molar-refractivity contribution in [3.63, 3.8) is 0 Å². The highest BCUT2D eigenvalue weighted by Crippen LogP contribution is 2.33. The average Bonchev–Trinajstić information content (AvgIpc) is 3.12. The summed E-state index contributed by atoms with van der Waals surface area (Å²) in [5.41, 5.74) is 7.36. The fourth-order valence-electron chi connectivity index (χ4n) is 3.10. The van der Waals surface area contributed by atoms with Gasteiger partial charge in [-0.25, -0.2) is 4.39 Å². The molecule has 1 aliphatic heterocycles. The molecule has 0 aliphatic carbocycles. The molecule has 3 aromatic rings. The van der Waals surface area contributed by atoms with Gasteiger partial charge in [0.1, 0.15) is 5.82 Å². The lowest BCUT2D eigenvalue weighted by atomic mass is 10.1. The van der Waals surface area contributed by atoms with Crippen LogP contribution in [-0.4, -0.2) is 0 Å². The van der Waals surface area contributed by atoms with Crippen molar-refractivity contribution in [3.05, 3.63) is 117 Å². The second-order valence-corrected chi connectivity index (χ2v) is 8.30. The Hall–Kier alpha value is -2.37. The van der Waals surface area contributed by atoms with Crippen LogP contribution in [0.4, 0.5) is 10.1 Å². The normalized spacial score (nSPS) is 16.3. The summed E-state index contributed by atoms with van der Waals surface area (Å²) in [5.74, 6) is -0.257. The van der Waals surface area contributed by atoms with E-state index in [1.807, 2.05) is 53.5 Å². The first-order valence-corrected chi connectivity index (χ1v) is 10.4. The summed E-state index contributed by atoms with van der Waals surface area (Å²) in [7, 11) is 0. The lowest BCUT2D eigenvalue weighted by molar-refractivity contribution is 0.623. The molecule has 4 rings (SSSR count). The van der Waals surface area contributed by atoms with E-state index in [0.29, 0.717) is 0 Å². The van der Waals surface area contributed by atoms with Crippen LogP contribution in [0.3, 0.4) is 0 Å². The summed E-state index contributed by atoms with van der Waals surface area (Å²) < 4.78 is 15.9. The fraction of sp³-hybridized carbons (Fsp3) is 0.0435. The third-order valence-electron chi connectivity index (χ3n) is 4.49. The minimum absolute atomic E-state index is 0.0422. The number of halogens is 3. The number of anilines is 1. The van der Waals surface area contributed by atoms with Crippen LogP contribution < -0.4 is 10.4 Å². The minimum atomic E-state index is -0.257. The lowest BCUT2D eigenvalue weighted by Gasteiger charge is -2.27. The van der Waals surface area contributed by atoms with Gasteiger partial charge in [0.2, 0.25) is 0 Å². The highest BCUT2D eigenvalue weighted by molar-refractivity contribution is 9.10. The van der Waals surface area contributed by atoms with Crippen molar-refractivity contribution in [2.45, 2.75) is 6.04 Å². The van der Waals surface area contributed by atoms with E-state index < -0.39 is 0 Å². The smallest absolute Gasteiger partial charge is 0.125 e. The molecule has 0 amide bonds. The summed E-state index contributed by atoms with van der Waals surface area (Å²) in [4.78, 5) is 0. The number of benzene rings is 3. The molecule has 0 fully saturated rings. The van der Waals surface area contributed by atoms with Crippen LogP contribution in [0.5, 0.6) is 0 Å². The Bertz CT molecular complexity index is 1030. The molecule has 3 aromatic carbocycles. The van der Waals surface area contributed by atoms with Crippen LogP contribution in [0.25, 0.3) is 6.08 Å². The largest absolute Gasteiger partial charge is 0.298 e. The van der Waals surface area contributed by atoms with Crippen LogP contribution in [0.1, 0.15) is 17.2 Å². The number of hydrogen-bond donors (Lipinski definition) is 1. The van der Waals surface area contributed by atoms with E-state index in [1.165, 1.54) is 12.1 Å². The molecule has 1 aliphatic rings. The summed E-state index contributed by atoms with van der Waals surface area (Å²) in [6.07, 6.45) is 6.23. The van der Waals surface area contributed by atoms with Crippen molar-refractivity contribution in [1.82, 2.24) is 5.43 Å². The summed E-state index contributed by atoms with van der Waals surface area (Å²) in [5, 5.41) is 1.98. The molecule has 140 valence electrons. The third-order valence-corrected chi connectivity index (χ3v) is 5.55. The predicted octanol–water partition coefficient (Wildman–Crippen LogP) is 7.01. The Labute approximate surface area is 180 Å². The van der Waals surface area contributed by atoms with E-state index in [9.17, 15) is 4.39 Å². The monoisotopic (exact) mass is 498 g/mol. The zero-order valence-electron chi connectivity index (χ0n) is 14.8. The van der Waals surface area contributed by atoms with Gasteiger partial charge in [0.25, 0.3) is 0 Å². The van der Waals surface area contributed by atoms with Gasteiger partial charge in [0.15, 0.2) is 0 Å². The first-order valence-electron chi connectivity index (χ1n) is 8.81. The van der Waals surface area contributed by atoms with Crippen LogP contribution in [0.15, 0.2) is 99.6 Å². The number of hydrogen-bond acceptors (Lipinski definition) is 2. The standard InChI is InChI=1S/C23H17Br2FN2/c24-18-9-4-16(5-10-18)6-13-21-15-23(17-7-11-19(25)12-8-17)28(27-21)22-3-1-2-20(26)14-22/h1-15,23,27H/b13-6+/t23-/m1/s1. The molecular weight excluding hydrogens is 483 g/mol. The van der Waals surface area contributed by atoms with Crippen LogP contribution in [-0.2, 0) is 0 Å². The van der Waals surface area contributed by atoms with Gasteiger partial charge in [0.05, 0.1) is 17.4 Å². The molecule has 0 saturated carbocycles. The number of hydrazine groups is 1. The highest BCUT2D eigenvalue weighted by Gasteiger charge is 2.25. The maximum absolute atomic E-state index is 13.8. The summed E-state index contributed by atoms with van der Waals surface area (Å²) >= 11 is 6.94. The minimum Gasteiger partial charge on any atom is -0.298 e. The molecular formula is C23H17Br2FN2. The summed E-state index contributed by atoms with van der Waals surface area (Å²) in [6, 6.07) is 22.9. The molecule has 0 saturated heterocycles. The van der Waals surface area contributed by atoms with Crippen LogP contribution >= 0.6 is 31.9 Å². The molecule has 1 heterocycles. The fourth-order valence-corrected chi connectivity index (χ4v) is 3.63. The van der Waals surface area contributed by atoms with E-state index in [0.717, 1.165) is 31.5 Å². The SMILES string of the molecule is Fc1cccc(N2NC(/C=C/c3ccc(Br)cc3)=C[C@@H]2c2ccc(Br)cc2)c1. The topological polar surface area (TPSA) is 15.3 Å². The van der Waals surface area contributed by atoms with E-state index in [4.69, 9.17) is 0 Å². The molecule has 0 aromatic heterocycles. The zero-order chi connectivity index (χ0) is 19.5. The average molecular weight is 500 g/mol. The van der Waals surface area contributed by atoms with Crippen molar-refractivity contribution < 1.29 is 4.39 Å². The number of nitrogens with one attached hydrogen (secondary N) is 1. The first-order chi connectivity index (χ1) is 13.6. The van der Waals surface area contributed by atoms with Gasteiger partial charge in [0, 0.05) is 8.95 Å². The Balaban J connectivity index is 1.65. The van der Waals surface area contributed by atoms with Crippen molar-refractivity contribution >= 4 is 43.6 Å². The molecule has 1 N–H and O–H groups in total.